The fraction of sp³-hybridized carbons (Fsp3) is 0.316. The van der Waals surface area contributed by atoms with E-state index in [1.54, 1.807) is 18.5 Å². The number of pyridine rings is 2. The van der Waals surface area contributed by atoms with E-state index in [1.165, 1.54) is 0 Å². The summed E-state index contributed by atoms with van der Waals surface area (Å²) in [6, 6.07) is 9.31. The Hall–Kier alpha value is -3.00. The van der Waals surface area contributed by atoms with Crippen molar-refractivity contribution in [3.63, 3.8) is 0 Å². The van der Waals surface area contributed by atoms with E-state index in [9.17, 15) is 0 Å². The molecule has 0 saturated carbocycles. The molecule has 3 aromatic heterocycles. The van der Waals surface area contributed by atoms with Crippen molar-refractivity contribution in [2.45, 2.75) is 19.8 Å². The Morgan fingerprint density at radius 2 is 2.07 bits per heavy atom. The SMILES string of the molecule is CCNC(=NCCc1noc(-c2ccccn2)n1)NCCc1ccc(Cl)nc1. The van der Waals surface area contributed by atoms with E-state index in [2.05, 4.69) is 35.7 Å². The first-order valence-corrected chi connectivity index (χ1v) is 9.49. The summed E-state index contributed by atoms with van der Waals surface area (Å²) in [4.78, 5) is 17.2. The Labute approximate surface area is 168 Å². The summed E-state index contributed by atoms with van der Waals surface area (Å²) < 4.78 is 5.26. The quantitative estimate of drug-likeness (QED) is 0.341. The lowest BCUT2D eigenvalue weighted by Crippen LogP contribution is -2.38. The van der Waals surface area contributed by atoms with Crippen LogP contribution in [-0.2, 0) is 12.8 Å². The second-order valence-electron chi connectivity index (χ2n) is 5.91. The molecule has 0 spiro atoms. The molecule has 146 valence electrons. The van der Waals surface area contributed by atoms with Gasteiger partial charge in [-0.1, -0.05) is 28.9 Å². The van der Waals surface area contributed by atoms with Crippen molar-refractivity contribution < 1.29 is 4.52 Å². The lowest BCUT2D eigenvalue weighted by Gasteiger charge is -2.11. The molecule has 0 aliphatic rings. The minimum absolute atomic E-state index is 0.418. The molecule has 0 bridgehead atoms. The maximum absolute atomic E-state index is 5.81. The third-order valence-corrected chi connectivity index (χ3v) is 4.02. The summed E-state index contributed by atoms with van der Waals surface area (Å²) >= 11 is 5.81. The smallest absolute Gasteiger partial charge is 0.276 e. The van der Waals surface area contributed by atoms with Gasteiger partial charge in [-0.05, 0) is 37.1 Å². The van der Waals surface area contributed by atoms with E-state index in [0.29, 0.717) is 35.5 Å². The molecule has 3 aromatic rings. The van der Waals surface area contributed by atoms with Gasteiger partial charge in [-0.2, -0.15) is 4.98 Å². The summed E-state index contributed by atoms with van der Waals surface area (Å²) in [7, 11) is 0. The van der Waals surface area contributed by atoms with Gasteiger partial charge in [-0.15, -0.1) is 0 Å². The lowest BCUT2D eigenvalue weighted by molar-refractivity contribution is 0.421. The zero-order valence-electron chi connectivity index (χ0n) is 15.6. The molecule has 0 fully saturated rings. The van der Waals surface area contributed by atoms with Crippen molar-refractivity contribution in [2.24, 2.45) is 4.99 Å². The van der Waals surface area contributed by atoms with Crippen LogP contribution in [0.2, 0.25) is 5.15 Å². The molecule has 0 saturated heterocycles. The first-order chi connectivity index (χ1) is 13.7. The molecular weight excluding hydrogens is 378 g/mol. The van der Waals surface area contributed by atoms with Gasteiger partial charge in [0, 0.05) is 38.4 Å². The third kappa shape index (κ3) is 6.02. The third-order valence-electron chi connectivity index (χ3n) is 3.80. The maximum Gasteiger partial charge on any atom is 0.276 e. The van der Waals surface area contributed by atoms with Gasteiger partial charge in [-0.25, -0.2) is 4.98 Å². The molecule has 0 radical (unpaired) electrons. The monoisotopic (exact) mass is 399 g/mol. The van der Waals surface area contributed by atoms with E-state index >= 15 is 0 Å². The van der Waals surface area contributed by atoms with Crippen molar-refractivity contribution >= 4 is 17.6 Å². The summed E-state index contributed by atoms with van der Waals surface area (Å²) in [6.07, 6.45) is 4.88. The molecule has 0 amide bonds. The molecule has 0 unspecified atom stereocenters. The van der Waals surface area contributed by atoms with E-state index < -0.39 is 0 Å². The van der Waals surface area contributed by atoms with Crippen LogP contribution in [0.4, 0.5) is 0 Å². The van der Waals surface area contributed by atoms with Gasteiger partial charge in [0.2, 0.25) is 0 Å². The lowest BCUT2D eigenvalue weighted by atomic mass is 10.2. The van der Waals surface area contributed by atoms with Crippen molar-refractivity contribution in [1.82, 2.24) is 30.7 Å². The molecule has 3 rings (SSSR count). The first-order valence-electron chi connectivity index (χ1n) is 9.11. The van der Waals surface area contributed by atoms with E-state index in [1.807, 2.05) is 31.2 Å². The predicted molar refractivity (Wildman–Crippen MR) is 108 cm³/mol. The first kappa shape index (κ1) is 19.8. The van der Waals surface area contributed by atoms with Crippen LogP contribution in [0.1, 0.15) is 18.3 Å². The number of nitrogens with zero attached hydrogens (tertiary/aromatic N) is 5. The molecule has 8 nitrogen and oxygen atoms in total. The van der Waals surface area contributed by atoms with E-state index in [-0.39, 0.29) is 0 Å². The number of halogens is 1. The zero-order chi connectivity index (χ0) is 19.6. The molecule has 0 aromatic carbocycles. The molecular formula is C19H22ClN7O. The Morgan fingerprint density at radius 3 is 2.82 bits per heavy atom. The van der Waals surface area contributed by atoms with Crippen molar-refractivity contribution in [3.05, 3.63) is 59.3 Å². The number of hydrogen-bond donors (Lipinski definition) is 2. The van der Waals surface area contributed by atoms with Crippen LogP contribution < -0.4 is 10.6 Å². The molecule has 2 N–H and O–H groups in total. The van der Waals surface area contributed by atoms with Crippen LogP contribution in [0.25, 0.3) is 11.6 Å². The number of hydrogen-bond acceptors (Lipinski definition) is 6. The van der Waals surface area contributed by atoms with Gasteiger partial charge in [0.1, 0.15) is 10.8 Å². The minimum Gasteiger partial charge on any atom is -0.357 e. The highest BCUT2D eigenvalue weighted by molar-refractivity contribution is 6.29. The fourth-order valence-electron chi connectivity index (χ4n) is 2.44. The predicted octanol–water partition coefficient (Wildman–Crippen LogP) is 2.52. The molecule has 3 heterocycles. The van der Waals surface area contributed by atoms with Gasteiger partial charge in [0.05, 0.1) is 0 Å². The van der Waals surface area contributed by atoms with Crippen LogP contribution in [0.5, 0.6) is 0 Å². The zero-order valence-corrected chi connectivity index (χ0v) is 16.4. The average Bonchev–Trinajstić information content (AvgIpc) is 3.19. The van der Waals surface area contributed by atoms with Crippen LogP contribution >= 0.6 is 11.6 Å². The molecule has 0 aliphatic heterocycles. The van der Waals surface area contributed by atoms with Crippen molar-refractivity contribution in [2.75, 3.05) is 19.6 Å². The molecule has 0 atom stereocenters. The minimum atomic E-state index is 0.418. The van der Waals surface area contributed by atoms with Crippen LogP contribution in [0.15, 0.2) is 52.2 Å². The number of guanidine groups is 1. The average molecular weight is 400 g/mol. The van der Waals surface area contributed by atoms with Gasteiger partial charge in [0.25, 0.3) is 5.89 Å². The Kier molecular flexibility index (Phi) is 7.31. The topological polar surface area (TPSA) is 101 Å². The van der Waals surface area contributed by atoms with Crippen LogP contribution in [0.3, 0.4) is 0 Å². The highest BCUT2D eigenvalue weighted by Crippen LogP contribution is 2.13. The highest BCUT2D eigenvalue weighted by atomic mass is 35.5. The maximum atomic E-state index is 5.81. The molecule has 28 heavy (non-hydrogen) atoms. The van der Waals surface area contributed by atoms with Crippen LogP contribution in [-0.4, -0.2) is 45.7 Å². The van der Waals surface area contributed by atoms with Crippen molar-refractivity contribution in [1.29, 1.82) is 0 Å². The van der Waals surface area contributed by atoms with Gasteiger partial charge in [-0.3, -0.25) is 9.98 Å². The Morgan fingerprint density at radius 1 is 1.14 bits per heavy atom. The van der Waals surface area contributed by atoms with Crippen LogP contribution in [0, 0.1) is 0 Å². The number of rotatable bonds is 8. The second kappa shape index (κ2) is 10.4. The summed E-state index contributed by atoms with van der Waals surface area (Å²) in [5, 5.41) is 11.0. The standard InChI is InChI=1S/C19H22ClN7O/c1-2-21-19(23-11-8-14-6-7-16(20)25-13-14)24-12-9-17-26-18(28-27-17)15-5-3-4-10-22-15/h3-7,10,13H,2,8-9,11-12H2,1H3,(H2,21,23,24). The number of aromatic nitrogens is 4. The number of aliphatic imine (C=N–C) groups is 1. The fourth-order valence-corrected chi connectivity index (χ4v) is 2.55. The molecule has 9 heteroatoms. The van der Waals surface area contributed by atoms with Gasteiger partial charge in [0.15, 0.2) is 11.8 Å². The van der Waals surface area contributed by atoms with Gasteiger partial charge >= 0.3 is 0 Å². The van der Waals surface area contributed by atoms with E-state index in [4.69, 9.17) is 16.1 Å². The van der Waals surface area contributed by atoms with Crippen molar-refractivity contribution in [3.8, 4) is 11.6 Å². The second-order valence-corrected chi connectivity index (χ2v) is 6.29. The summed E-state index contributed by atoms with van der Waals surface area (Å²) in [6.45, 7) is 4.08. The largest absolute Gasteiger partial charge is 0.357 e. The Balaban J connectivity index is 1.49. The summed E-state index contributed by atoms with van der Waals surface area (Å²) in [5.41, 5.74) is 1.78. The Bertz CT molecular complexity index is 881. The number of nitrogens with one attached hydrogen (secondary N) is 2. The molecule has 0 aliphatic carbocycles. The van der Waals surface area contributed by atoms with E-state index in [0.717, 1.165) is 31.0 Å². The van der Waals surface area contributed by atoms with Gasteiger partial charge < -0.3 is 15.2 Å². The summed E-state index contributed by atoms with van der Waals surface area (Å²) in [5.74, 6) is 1.77. The normalized spacial score (nSPS) is 11.4. The highest BCUT2D eigenvalue weighted by Gasteiger charge is 2.09.